The van der Waals surface area contributed by atoms with Gasteiger partial charge in [0.1, 0.15) is 30.7 Å². The Morgan fingerprint density at radius 1 is 1.38 bits per heavy atom. The molecule has 5 N–H and O–H groups in total. The van der Waals surface area contributed by atoms with Crippen LogP contribution >= 0.6 is 0 Å². The smallest absolute Gasteiger partial charge is 0.325 e. The predicted molar refractivity (Wildman–Crippen MR) is 79.1 cm³/mol. The van der Waals surface area contributed by atoms with Crippen molar-refractivity contribution in [1.82, 2.24) is 19.5 Å². The number of aliphatic hydroxyl groups excluding tert-OH is 3. The minimum absolute atomic E-state index is 0.223. The SMILES string of the molecule is C[C@H](Nc1ncnc2c1ncn2[C@@H]1O[C@H](CO)C(O)[C@@H]1O)C(=O)O. The molecule has 5 atom stereocenters. The maximum absolute atomic E-state index is 11.0. The van der Waals surface area contributed by atoms with Crippen molar-refractivity contribution in [1.29, 1.82) is 0 Å². The van der Waals surface area contributed by atoms with Crippen LogP contribution in [0, 0.1) is 0 Å². The Hall–Kier alpha value is -2.34. The van der Waals surface area contributed by atoms with Gasteiger partial charge in [-0.2, -0.15) is 0 Å². The van der Waals surface area contributed by atoms with Crippen LogP contribution in [0.4, 0.5) is 5.82 Å². The number of carbonyl (C=O) groups is 1. The van der Waals surface area contributed by atoms with Crippen molar-refractivity contribution in [3.05, 3.63) is 12.7 Å². The maximum Gasteiger partial charge on any atom is 0.325 e. The van der Waals surface area contributed by atoms with Gasteiger partial charge in [-0.25, -0.2) is 15.0 Å². The summed E-state index contributed by atoms with van der Waals surface area (Å²) >= 11 is 0. The van der Waals surface area contributed by atoms with Crippen molar-refractivity contribution < 1.29 is 30.0 Å². The molecule has 1 unspecified atom stereocenters. The lowest BCUT2D eigenvalue weighted by Gasteiger charge is -2.16. The number of hydrogen-bond acceptors (Lipinski definition) is 9. The number of carboxylic acid groups (broad SMARTS) is 1. The quantitative estimate of drug-likeness (QED) is 0.425. The number of fused-ring (bicyclic) bond motifs is 1. The van der Waals surface area contributed by atoms with Gasteiger partial charge in [0.2, 0.25) is 0 Å². The molecule has 1 aliphatic heterocycles. The lowest BCUT2D eigenvalue weighted by Crippen LogP contribution is -2.33. The highest BCUT2D eigenvalue weighted by molar-refractivity contribution is 5.85. The van der Waals surface area contributed by atoms with E-state index in [-0.39, 0.29) is 5.82 Å². The van der Waals surface area contributed by atoms with Crippen LogP contribution in [0.15, 0.2) is 12.7 Å². The normalized spacial score (nSPS) is 28.2. The van der Waals surface area contributed by atoms with E-state index in [1.54, 1.807) is 0 Å². The molecule has 1 fully saturated rings. The Balaban J connectivity index is 1.96. The average Bonchev–Trinajstić information content (AvgIpc) is 3.10. The molecule has 0 aliphatic carbocycles. The molecule has 130 valence electrons. The molecule has 24 heavy (non-hydrogen) atoms. The molecular formula is C13H17N5O6. The van der Waals surface area contributed by atoms with Crippen LogP contribution in [0.2, 0.25) is 0 Å². The monoisotopic (exact) mass is 339 g/mol. The highest BCUT2D eigenvalue weighted by atomic mass is 16.6. The summed E-state index contributed by atoms with van der Waals surface area (Å²) in [5.41, 5.74) is 0.586. The van der Waals surface area contributed by atoms with E-state index in [1.165, 1.54) is 24.1 Å². The molecule has 2 aromatic rings. The number of aliphatic carboxylic acids is 1. The van der Waals surface area contributed by atoms with Gasteiger partial charge in [-0.05, 0) is 6.92 Å². The Bertz CT molecular complexity index is 752. The van der Waals surface area contributed by atoms with E-state index in [4.69, 9.17) is 14.9 Å². The summed E-state index contributed by atoms with van der Waals surface area (Å²) in [4.78, 5) is 23.2. The molecule has 1 saturated heterocycles. The van der Waals surface area contributed by atoms with Crippen molar-refractivity contribution >= 4 is 23.0 Å². The van der Waals surface area contributed by atoms with Crippen LogP contribution in [-0.4, -0.2) is 76.9 Å². The third-order valence-electron chi connectivity index (χ3n) is 3.87. The van der Waals surface area contributed by atoms with Gasteiger partial charge in [0, 0.05) is 0 Å². The number of carboxylic acids is 1. The molecule has 0 spiro atoms. The summed E-state index contributed by atoms with van der Waals surface area (Å²) in [5, 5.41) is 40.8. The van der Waals surface area contributed by atoms with E-state index < -0.39 is 43.2 Å². The van der Waals surface area contributed by atoms with Crippen LogP contribution < -0.4 is 5.32 Å². The van der Waals surface area contributed by atoms with Crippen molar-refractivity contribution in [2.24, 2.45) is 0 Å². The first-order valence-electron chi connectivity index (χ1n) is 7.23. The number of imidazole rings is 1. The zero-order chi connectivity index (χ0) is 17.4. The van der Waals surface area contributed by atoms with E-state index >= 15 is 0 Å². The van der Waals surface area contributed by atoms with Gasteiger partial charge in [0.05, 0.1) is 12.9 Å². The largest absolute Gasteiger partial charge is 0.480 e. The van der Waals surface area contributed by atoms with Crippen LogP contribution in [0.25, 0.3) is 11.2 Å². The van der Waals surface area contributed by atoms with Crippen LogP contribution in [0.1, 0.15) is 13.2 Å². The lowest BCUT2D eigenvalue weighted by atomic mass is 10.1. The van der Waals surface area contributed by atoms with Gasteiger partial charge >= 0.3 is 5.97 Å². The first kappa shape index (κ1) is 16.5. The van der Waals surface area contributed by atoms with E-state index in [0.29, 0.717) is 11.2 Å². The van der Waals surface area contributed by atoms with Crippen molar-refractivity contribution in [2.75, 3.05) is 11.9 Å². The first-order chi connectivity index (χ1) is 11.4. The molecule has 0 saturated carbocycles. The van der Waals surface area contributed by atoms with E-state index in [2.05, 4.69) is 20.3 Å². The Labute approximate surface area is 135 Å². The Morgan fingerprint density at radius 2 is 2.12 bits per heavy atom. The van der Waals surface area contributed by atoms with Crippen molar-refractivity contribution in [3.63, 3.8) is 0 Å². The number of anilines is 1. The van der Waals surface area contributed by atoms with Crippen LogP contribution in [0.3, 0.4) is 0 Å². The van der Waals surface area contributed by atoms with Gasteiger partial charge in [0.25, 0.3) is 0 Å². The minimum atomic E-state index is -1.27. The van der Waals surface area contributed by atoms with Gasteiger partial charge in [-0.1, -0.05) is 0 Å². The molecule has 3 rings (SSSR count). The third kappa shape index (κ3) is 2.67. The number of aliphatic hydroxyl groups is 3. The molecule has 0 aromatic carbocycles. The summed E-state index contributed by atoms with van der Waals surface area (Å²) in [6.45, 7) is 1.01. The number of nitrogens with one attached hydrogen (secondary N) is 1. The van der Waals surface area contributed by atoms with Gasteiger partial charge in [-0.3, -0.25) is 9.36 Å². The zero-order valence-electron chi connectivity index (χ0n) is 12.6. The second kappa shape index (κ2) is 6.28. The summed E-state index contributed by atoms with van der Waals surface area (Å²) in [6, 6.07) is -0.887. The van der Waals surface area contributed by atoms with Crippen molar-refractivity contribution in [3.8, 4) is 0 Å². The lowest BCUT2D eigenvalue weighted by molar-refractivity contribution is -0.137. The molecule has 11 nitrogen and oxygen atoms in total. The Morgan fingerprint density at radius 3 is 2.75 bits per heavy atom. The summed E-state index contributed by atoms with van der Waals surface area (Å²) < 4.78 is 6.84. The average molecular weight is 339 g/mol. The topological polar surface area (TPSA) is 163 Å². The number of ether oxygens (including phenoxy) is 1. The fourth-order valence-electron chi connectivity index (χ4n) is 2.52. The molecule has 0 bridgehead atoms. The molecule has 3 heterocycles. The summed E-state index contributed by atoms with van der Waals surface area (Å²) in [6.07, 6.45) is -1.86. The number of hydrogen-bond donors (Lipinski definition) is 5. The zero-order valence-corrected chi connectivity index (χ0v) is 12.6. The standard InChI is InChI=1S/C13H17N5O6/c1-5(13(22)23)17-10-7-11(15-3-14-10)18(4-16-7)12-9(21)8(20)6(2-19)24-12/h3-6,8-9,12,19-21H,2H2,1H3,(H,22,23)(H,14,15,17)/t5-,6+,8?,9-,12+/m0/s1. The second-order valence-electron chi connectivity index (χ2n) is 5.48. The summed E-state index contributed by atoms with van der Waals surface area (Å²) in [5.74, 6) is -0.829. The predicted octanol–water partition coefficient (Wildman–Crippen LogP) is -1.68. The van der Waals surface area contributed by atoms with Crippen molar-refractivity contribution in [2.45, 2.75) is 37.5 Å². The number of aromatic nitrogens is 4. The molecule has 1 aliphatic rings. The van der Waals surface area contributed by atoms with Crippen LogP contribution in [-0.2, 0) is 9.53 Å². The molecular weight excluding hydrogens is 322 g/mol. The number of nitrogens with zero attached hydrogens (tertiary/aromatic N) is 4. The fourth-order valence-corrected chi connectivity index (χ4v) is 2.52. The molecule has 0 amide bonds. The van der Waals surface area contributed by atoms with Gasteiger partial charge in [-0.15, -0.1) is 0 Å². The van der Waals surface area contributed by atoms with E-state index in [9.17, 15) is 15.0 Å². The fraction of sp³-hybridized carbons (Fsp3) is 0.538. The van der Waals surface area contributed by atoms with E-state index in [1.807, 2.05) is 0 Å². The van der Waals surface area contributed by atoms with Crippen LogP contribution in [0.5, 0.6) is 0 Å². The Kier molecular flexibility index (Phi) is 4.32. The van der Waals surface area contributed by atoms with E-state index in [0.717, 1.165) is 0 Å². The maximum atomic E-state index is 11.0. The van der Waals surface area contributed by atoms with Gasteiger partial charge < -0.3 is 30.5 Å². The molecule has 11 heteroatoms. The molecule has 2 aromatic heterocycles. The second-order valence-corrected chi connectivity index (χ2v) is 5.48. The van der Waals surface area contributed by atoms with Gasteiger partial charge in [0.15, 0.2) is 23.2 Å². The highest BCUT2D eigenvalue weighted by Gasteiger charge is 2.44. The highest BCUT2D eigenvalue weighted by Crippen LogP contribution is 2.32. The number of rotatable bonds is 5. The minimum Gasteiger partial charge on any atom is -0.480 e. The molecule has 0 radical (unpaired) electrons. The summed E-state index contributed by atoms with van der Waals surface area (Å²) in [7, 11) is 0. The first-order valence-corrected chi connectivity index (χ1v) is 7.23. The third-order valence-corrected chi connectivity index (χ3v) is 3.87.